The minimum absolute atomic E-state index is 0.418. The summed E-state index contributed by atoms with van der Waals surface area (Å²) in [6.45, 7) is 3.35. The number of hydrogen-bond acceptors (Lipinski definition) is 2. The second kappa shape index (κ2) is 4.82. The van der Waals surface area contributed by atoms with E-state index in [0.29, 0.717) is 6.54 Å². The van der Waals surface area contributed by atoms with Gasteiger partial charge in [-0.3, -0.25) is 0 Å². The van der Waals surface area contributed by atoms with Crippen LogP contribution in [-0.4, -0.2) is 18.1 Å². The molecular weight excluding hydrogens is 198 g/mol. The Bertz CT molecular complexity index is 519. The molecule has 0 spiro atoms. The summed E-state index contributed by atoms with van der Waals surface area (Å²) in [5, 5.41) is 12.8. The number of aromatic nitrogens is 1. The molecule has 0 aliphatic heterocycles. The van der Waals surface area contributed by atoms with Gasteiger partial charge in [-0.2, -0.15) is 5.26 Å². The van der Waals surface area contributed by atoms with Crippen LogP contribution in [0.1, 0.15) is 11.1 Å². The average Bonchev–Trinajstić information content (AvgIpc) is 2.67. The van der Waals surface area contributed by atoms with Crippen LogP contribution in [0.25, 0.3) is 10.9 Å². The van der Waals surface area contributed by atoms with Crippen molar-refractivity contribution in [2.75, 3.05) is 13.1 Å². The molecule has 82 valence electrons. The lowest BCUT2D eigenvalue weighted by Gasteiger charge is -2.00. The van der Waals surface area contributed by atoms with Crippen molar-refractivity contribution in [2.24, 2.45) is 0 Å². The van der Waals surface area contributed by atoms with Crippen molar-refractivity contribution in [1.82, 2.24) is 10.3 Å². The third-order valence-corrected chi connectivity index (χ3v) is 2.70. The molecule has 1 aromatic heterocycles. The topological polar surface area (TPSA) is 51.6 Å². The first-order chi connectivity index (χ1) is 7.81. The maximum atomic E-state index is 8.41. The molecule has 2 N–H and O–H groups in total. The molecule has 0 aliphatic rings. The minimum Gasteiger partial charge on any atom is -0.361 e. The molecule has 1 heterocycles. The standard InChI is InChI=1S/C13H15N3/c1-10-2-3-12-11(4-6-15-7-5-14)9-16-13(12)8-10/h2-3,8-9,15-16H,4,6-7H2,1H3. The van der Waals surface area contributed by atoms with Crippen molar-refractivity contribution in [3.63, 3.8) is 0 Å². The van der Waals surface area contributed by atoms with E-state index in [9.17, 15) is 0 Å². The van der Waals surface area contributed by atoms with Crippen LogP contribution in [-0.2, 0) is 6.42 Å². The molecule has 2 rings (SSSR count). The number of fused-ring (bicyclic) bond motifs is 1. The molecular formula is C13H15N3. The van der Waals surface area contributed by atoms with E-state index in [1.807, 2.05) is 0 Å². The molecule has 3 heteroatoms. The van der Waals surface area contributed by atoms with Gasteiger partial charge in [-0.1, -0.05) is 12.1 Å². The maximum Gasteiger partial charge on any atom is 0.0841 e. The van der Waals surface area contributed by atoms with E-state index in [1.165, 1.54) is 22.0 Å². The summed E-state index contributed by atoms with van der Waals surface area (Å²) in [5.41, 5.74) is 3.76. The molecule has 0 saturated heterocycles. The summed E-state index contributed by atoms with van der Waals surface area (Å²) in [7, 11) is 0. The molecule has 3 nitrogen and oxygen atoms in total. The zero-order valence-electron chi connectivity index (χ0n) is 9.38. The van der Waals surface area contributed by atoms with Gasteiger partial charge in [0.05, 0.1) is 12.6 Å². The van der Waals surface area contributed by atoms with Crippen molar-refractivity contribution < 1.29 is 0 Å². The fraction of sp³-hybridized carbons (Fsp3) is 0.308. The number of hydrogen-bond donors (Lipinski definition) is 2. The van der Waals surface area contributed by atoms with Gasteiger partial charge < -0.3 is 10.3 Å². The Morgan fingerprint density at radius 3 is 3.12 bits per heavy atom. The van der Waals surface area contributed by atoms with Crippen LogP contribution in [0.15, 0.2) is 24.4 Å². The van der Waals surface area contributed by atoms with Crippen molar-refractivity contribution in [3.05, 3.63) is 35.5 Å². The molecule has 0 atom stereocenters. The Labute approximate surface area is 95.1 Å². The highest BCUT2D eigenvalue weighted by atomic mass is 14.8. The average molecular weight is 213 g/mol. The number of nitriles is 1. The summed E-state index contributed by atoms with van der Waals surface area (Å²) >= 11 is 0. The Balaban J connectivity index is 2.10. The van der Waals surface area contributed by atoms with Crippen LogP contribution >= 0.6 is 0 Å². The highest BCUT2D eigenvalue weighted by molar-refractivity contribution is 5.83. The number of aryl methyl sites for hydroxylation is 1. The summed E-state index contributed by atoms with van der Waals surface area (Å²) in [6.07, 6.45) is 3.00. The van der Waals surface area contributed by atoms with E-state index in [4.69, 9.17) is 5.26 Å². The predicted molar refractivity (Wildman–Crippen MR) is 65.2 cm³/mol. The van der Waals surface area contributed by atoms with Gasteiger partial charge in [0.15, 0.2) is 0 Å². The van der Waals surface area contributed by atoms with Crippen LogP contribution in [0.5, 0.6) is 0 Å². The first-order valence-electron chi connectivity index (χ1n) is 5.45. The van der Waals surface area contributed by atoms with Gasteiger partial charge in [-0.15, -0.1) is 0 Å². The molecule has 0 aliphatic carbocycles. The molecule has 16 heavy (non-hydrogen) atoms. The zero-order chi connectivity index (χ0) is 11.4. The van der Waals surface area contributed by atoms with Gasteiger partial charge in [0.1, 0.15) is 0 Å². The normalized spacial score (nSPS) is 10.5. The molecule has 0 unspecified atom stereocenters. The summed E-state index contributed by atoms with van der Waals surface area (Å²) in [5.74, 6) is 0. The van der Waals surface area contributed by atoms with E-state index >= 15 is 0 Å². The fourth-order valence-corrected chi connectivity index (χ4v) is 1.87. The summed E-state index contributed by atoms with van der Waals surface area (Å²) in [4.78, 5) is 3.28. The van der Waals surface area contributed by atoms with Crippen LogP contribution < -0.4 is 5.32 Å². The molecule has 0 fully saturated rings. The van der Waals surface area contributed by atoms with E-state index < -0.39 is 0 Å². The lowest BCUT2D eigenvalue weighted by Crippen LogP contribution is -2.16. The fourth-order valence-electron chi connectivity index (χ4n) is 1.87. The first kappa shape index (κ1) is 10.7. The number of nitrogens with one attached hydrogen (secondary N) is 2. The largest absolute Gasteiger partial charge is 0.361 e. The molecule has 0 bridgehead atoms. The van der Waals surface area contributed by atoms with Crippen LogP contribution in [0.2, 0.25) is 0 Å². The van der Waals surface area contributed by atoms with Crippen molar-refractivity contribution in [2.45, 2.75) is 13.3 Å². The Kier molecular flexibility index (Phi) is 3.23. The van der Waals surface area contributed by atoms with Gasteiger partial charge in [-0.05, 0) is 30.5 Å². The third-order valence-electron chi connectivity index (χ3n) is 2.70. The highest BCUT2D eigenvalue weighted by Crippen LogP contribution is 2.19. The molecule has 0 radical (unpaired) electrons. The second-order valence-electron chi connectivity index (χ2n) is 3.95. The molecule has 1 aromatic carbocycles. The summed E-state index contributed by atoms with van der Waals surface area (Å²) < 4.78 is 0. The van der Waals surface area contributed by atoms with E-state index in [2.05, 4.69) is 47.7 Å². The van der Waals surface area contributed by atoms with Crippen molar-refractivity contribution in [3.8, 4) is 6.07 Å². The molecule has 2 aromatic rings. The van der Waals surface area contributed by atoms with Gasteiger partial charge in [0, 0.05) is 23.6 Å². The van der Waals surface area contributed by atoms with Gasteiger partial charge in [-0.25, -0.2) is 0 Å². The first-order valence-corrected chi connectivity index (χ1v) is 5.45. The van der Waals surface area contributed by atoms with Crippen LogP contribution in [0, 0.1) is 18.3 Å². The number of benzene rings is 1. The zero-order valence-corrected chi connectivity index (χ0v) is 9.38. The van der Waals surface area contributed by atoms with Crippen molar-refractivity contribution >= 4 is 10.9 Å². The number of rotatable bonds is 4. The number of nitrogens with zero attached hydrogens (tertiary/aromatic N) is 1. The van der Waals surface area contributed by atoms with Crippen LogP contribution in [0.4, 0.5) is 0 Å². The van der Waals surface area contributed by atoms with E-state index in [-0.39, 0.29) is 0 Å². The van der Waals surface area contributed by atoms with E-state index in [0.717, 1.165) is 13.0 Å². The minimum atomic E-state index is 0.418. The lowest BCUT2D eigenvalue weighted by atomic mass is 10.1. The second-order valence-corrected chi connectivity index (χ2v) is 3.95. The Hall–Kier alpha value is -1.79. The third kappa shape index (κ3) is 2.23. The van der Waals surface area contributed by atoms with Gasteiger partial charge in [0.25, 0.3) is 0 Å². The van der Waals surface area contributed by atoms with Gasteiger partial charge in [0.2, 0.25) is 0 Å². The Morgan fingerprint density at radius 2 is 2.31 bits per heavy atom. The SMILES string of the molecule is Cc1ccc2c(CCNCC#N)c[nH]c2c1. The number of H-pyrrole nitrogens is 1. The monoisotopic (exact) mass is 213 g/mol. The number of aromatic amines is 1. The maximum absolute atomic E-state index is 8.41. The van der Waals surface area contributed by atoms with E-state index in [1.54, 1.807) is 0 Å². The smallest absolute Gasteiger partial charge is 0.0841 e. The van der Waals surface area contributed by atoms with Gasteiger partial charge >= 0.3 is 0 Å². The quantitative estimate of drug-likeness (QED) is 0.604. The molecule has 0 saturated carbocycles. The predicted octanol–water partition coefficient (Wildman–Crippen LogP) is 2.13. The van der Waals surface area contributed by atoms with Crippen LogP contribution in [0.3, 0.4) is 0 Å². The summed E-state index contributed by atoms with van der Waals surface area (Å²) in [6, 6.07) is 8.51. The molecule has 0 amide bonds. The lowest BCUT2D eigenvalue weighted by molar-refractivity contribution is 0.752. The van der Waals surface area contributed by atoms with Crippen molar-refractivity contribution in [1.29, 1.82) is 5.26 Å². The Morgan fingerprint density at radius 1 is 1.44 bits per heavy atom. The highest BCUT2D eigenvalue weighted by Gasteiger charge is 2.02.